The maximum absolute atomic E-state index is 4.43. The molecule has 0 aliphatic heterocycles. The maximum Gasteiger partial charge on any atom is 0.0756 e. The number of aryl methyl sites for hydroxylation is 1. The van der Waals surface area contributed by atoms with E-state index in [-0.39, 0.29) is 0 Å². The molecular formula is C12H21N3. The Bertz CT molecular complexity index is 269. The van der Waals surface area contributed by atoms with Crippen molar-refractivity contribution in [2.45, 2.75) is 46.1 Å². The molecule has 1 unspecified atom stereocenters. The predicted molar refractivity (Wildman–Crippen MR) is 62.7 cm³/mol. The predicted octanol–water partition coefficient (Wildman–Crippen LogP) is 2.63. The van der Waals surface area contributed by atoms with Crippen LogP contribution in [0.4, 0.5) is 0 Å². The summed E-state index contributed by atoms with van der Waals surface area (Å²) in [5.41, 5.74) is 2.04. The average Bonchev–Trinajstić information content (AvgIpc) is 2.25. The molecule has 1 heterocycles. The molecule has 1 atom stereocenters. The summed E-state index contributed by atoms with van der Waals surface area (Å²) in [4.78, 5) is 8.71. The molecule has 0 bridgehead atoms. The Morgan fingerprint density at radius 1 is 1.27 bits per heavy atom. The van der Waals surface area contributed by atoms with E-state index in [0.717, 1.165) is 24.4 Å². The van der Waals surface area contributed by atoms with Crippen molar-refractivity contribution < 1.29 is 0 Å². The molecule has 0 saturated heterocycles. The van der Waals surface area contributed by atoms with Crippen LogP contribution in [0.5, 0.6) is 0 Å². The fourth-order valence-corrected chi connectivity index (χ4v) is 1.59. The molecular weight excluding hydrogens is 186 g/mol. The van der Waals surface area contributed by atoms with E-state index in [0.29, 0.717) is 6.04 Å². The molecule has 1 N–H and O–H groups in total. The second kappa shape index (κ2) is 6.51. The Labute approximate surface area is 92.3 Å². The maximum atomic E-state index is 4.43. The van der Waals surface area contributed by atoms with Crippen LogP contribution in [-0.2, 0) is 0 Å². The van der Waals surface area contributed by atoms with Crippen molar-refractivity contribution in [3.8, 4) is 0 Å². The van der Waals surface area contributed by atoms with Crippen molar-refractivity contribution >= 4 is 0 Å². The van der Waals surface area contributed by atoms with Crippen molar-refractivity contribution in [3.05, 3.63) is 23.8 Å². The van der Waals surface area contributed by atoms with Crippen LogP contribution in [0.25, 0.3) is 0 Å². The Balaban J connectivity index is 2.65. The van der Waals surface area contributed by atoms with Gasteiger partial charge in [0, 0.05) is 6.20 Å². The summed E-state index contributed by atoms with van der Waals surface area (Å²) in [5, 5.41) is 3.45. The minimum atomic E-state index is 0.364. The van der Waals surface area contributed by atoms with Crippen LogP contribution in [0.3, 0.4) is 0 Å². The van der Waals surface area contributed by atoms with Gasteiger partial charge in [-0.25, -0.2) is 0 Å². The Morgan fingerprint density at radius 3 is 2.60 bits per heavy atom. The largest absolute Gasteiger partial charge is 0.309 e. The third-order valence-electron chi connectivity index (χ3n) is 2.45. The Kier molecular flexibility index (Phi) is 5.26. The smallest absolute Gasteiger partial charge is 0.0756 e. The van der Waals surface area contributed by atoms with Gasteiger partial charge in [-0.1, -0.05) is 26.7 Å². The standard InChI is InChI=1S/C12H21N3/c1-4-6-7-11(13-5-2)12-9-14-10(3)8-15-12/h8-9,11,13H,4-7H2,1-3H3. The van der Waals surface area contributed by atoms with E-state index in [9.17, 15) is 0 Å². The SMILES string of the molecule is CCCCC(NCC)c1cnc(C)cn1. The lowest BCUT2D eigenvalue weighted by atomic mass is 10.1. The summed E-state index contributed by atoms with van der Waals surface area (Å²) in [6.07, 6.45) is 7.32. The highest BCUT2D eigenvalue weighted by atomic mass is 14.9. The Morgan fingerprint density at radius 2 is 2.07 bits per heavy atom. The number of hydrogen-bond donors (Lipinski definition) is 1. The molecule has 84 valence electrons. The van der Waals surface area contributed by atoms with Crippen LogP contribution in [0.1, 0.15) is 50.5 Å². The molecule has 0 spiro atoms. The molecule has 0 amide bonds. The fourth-order valence-electron chi connectivity index (χ4n) is 1.59. The van der Waals surface area contributed by atoms with Gasteiger partial charge < -0.3 is 5.32 Å². The van der Waals surface area contributed by atoms with Crippen LogP contribution in [0.2, 0.25) is 0 Å². The van der Waals surface area contributed by atoms with Crippen LogP contribution >= 0.6 is 0 Å². The van der Waals surface area contributed by atoms with E-state index in [1.54, 1.807) is 0 Å². The van der Waals surface area contributed by atoms with E-state index in [1.807, 2.05) is 19.3 Å². The van der Waals surface area contributed by atoms with Gasteiger partial charge in [-0.3, -0.25) is 9.97 Å². The number of hydrogen-bond acceptors (Lipinski definition) is 3. The molecule has 3 nitrogen and oxygen atoms in total. The van der Waals surface area contributed by atoms with E-state index < -0.39 is 0 Å². The summed E-state index contributed by atoms with van der Waals surface area (Å²) in [6.45, 7) is 7.28. The molecule has 0 radical (unpaired) electrons. The zero-order valence-corrected chi connectivity index (χ0v) is 9.95. The molecule has 1 aromatic rings. The van der Waals surface area contributed by atoms with E-state index in [4.69, 9.17) is 0 Å². The molecule has 0 saturated carbocycles. The topological polar surface area (TPSA) is 37.8 Å². The van der Waals surface area contributed by atoms with Crippen molar-refractivity contribution in [1.82, 2.24) is 15.3 Å². The minimum absolute atomic E-state index is 0.364. The molecule has 0 aliphatic carbocycles. The van der Waals surface area contributed by atoms with Crippen LogP contribution in [-0.4, -0.2) is 16.5 Å². The van der Waals surface area contributed by atoms with E-state index >= 15 is 0 Å². The first kappa shape index (κ1) is 12.1. The van der Waals surface area contributed by atoms with Gasteiger partial charge in [0.25, 0.3) is 0 Å². The van der Waals surface area contributed by atoms with Gasteiger partial charge in [0.15, 0.2) is 0 Å². The zero-order valence-electron chi connectivity index (χ0n) is 9.95. The fraction of sp³-hybridized carbons (Fsp3) is 0.667. The van der Waals surface area contributed by atoms with Gasteiger partial charge in [-0.2, -0.15) is 0 Å². The lowest BCUT2D eigenvalue weighted by Gasteiger charge is -2.16. The monoisotopic (exact) mass is 207 g/mol. The van der Waals surface area contributed by atoms with Gasteiger partial charge >= 0.3 is 0 Å². The second-order valence-corrected chi connectivity index (χ2v) is 3.84. The third-order valence-corrected chi connectivity index (χ3v) is 2.45. The van der Waals surface area contributed by atoms with Crippen LogP contribution < -0.4 is 5.32 Å². The zero-order chi connectivity index (χ0) is 11.1. The Hall–Kier alpha value is -0.960. The minimum Gasteiger partial charge on any atom is -0.309 e. The average molecular weight is 207 g/mol. The van der Waals surface area contributed by atoms with Crippen molar-refractivity contribution in [2.24, 2.45) is 0 Å². The van der Waals surface area contributed by atoms with Gasteiger partial charge in [-0.15, -0.1) is 0 Å². The first-order valence-corrected chi connectivity index (χ1v) is 5.79. The highest BCUT2D eigenvalue weighted by molar-refractivity contribution is 5.05. The summed E-state index contributed by atoms with van der Waals surface area (Å²) in [5.74, 6) is 0. The number of aromatic nitrogens is 2. The summed E-state index contributed by atoms with van der Waals surface area (Å²) in [7, 11) is 0. The van der Waals surface area contributed by atoms with Crippen molar-refractivity contribution in [1.29, 1.82) is 0 Å². The number of nitrogens with one attached hydrogen (secondary N) is 1. The van der Waals surface area contributed by atoms with E-state index in [1.165, 1.54) is 12.8 Å². The molecule has 1 rings (SSSR count). The van der Waals surface area contributed by atoms with E-state index in [2.05, 4.69) is 29.1 Å². The van der Waals surface area contributed by atoms with Crippen molar-refractivity contribution in [3.63, 3.8) is 0 Å². The molecule has 1 aromatic heterocycles. The van der Waals surface area contributed by atoms with Gasteiger partial charge in [0.2, 0.25) is 0 Å². The number of unbranched alkanes of at least 4 members (excludes halogenated alkanes) is 1. The first-order chi connectivity index (χ1) is 7.27. The normalized spacial score (nSPS) is 12.7. The van der Waals surface area contributed by atoms with Gasteiger partial charge in [0.05, 0.1) is 23.6 Å². The summed E-state index contributed by atoms with van der Waals surface area (Å²) >= 11 is 0. The number of rotatable bonds is 6. The molecule has 0 fully saturated rings. The second-order valence-electron chi connectivity index (χ2n) is 3.84. The number of nitrogens with zero attached hydrogens (tertiary/aromatic N) is 2. The quantitative estimate of drug-likeness (QED) is 0.779. The molecule has 0 aromatic carbocycles. The summed E-state index contributed by atoms with van der Waals surface area (Å²) < 4.78 is 0. The van der Waals surface area contributed by atoms with Crippen molar-refractivity contribution in [2.75, 3.05) is 6.54 Å². The van der Waals surface area contributed by atoms with Crippen LogP contribution in [0, 0.1) is 6.92 Å². The van der Waals surface area contributed by atoms with Crippen LogP contribution in [0.15, 0.2) is 12.4 Å². The molecule has 3 heteroatoms. The molecule has 0 aliphatic rings. The summed E-state index contributed by atoms with van der Waals surface area (Å²) in [6, 6.07) is 0.364. The highest BCUT2D eigenvalue weighted by Gasteiger charge is 2.10. The lowest BCUT2D eigenvalue weighted by molar-refractivity contribution is 0.482. The highest BCUT2D eigenvalue weighted by Crippen LogP contribution is 2.16. The van der Waals surface area contributed by atoms with Gasteiger partial charge in [-0.05, 0) is 19.9 Å². The van der Waals surface area contributed by atoms with Gasteiger partial charge in [0.1, 0.15) is 0 Å². The lowest BCUT2D eigenvalue weighted by Crippen LogP contribution is -2.22. The third kappa shape index (κ3) is 3.96. The first-order valence-electron chi connectivity index (χ1n) is 5.79. The molecule has 15 heavy (non-hydrogen) atoms.